The van der Waals surface area contributed by atoms with Crippen LogP contribution in [0.1, 0.15) is 36.8 Å². The van der Waals surface area contributed by atoms with Gasteiger partial charge in [-0.15, -0.1) is 0 Å². The minimum atomic E-state index is -0.380. The lowest BCUT2D eigenvalue weighted by molar-refractivity contribution is 0.102. The van der Waals surface area contributed by atoms with Crippen LogP contribution in [0.25, 0.3) is 0 Å². The van der Waals surface area contributed by atoms with Crippen LogP contribution in [0.2, 0.25) is 0 Å². The number of nitrogens with one attached hydrogen (secondary N) is 1. The molecule has 0 fully saturated rings. The molecule has 0 aliphatic heterocycles. The van der Waals surface area contributed by atoms with Gasteiger partial charge < -0.3 is 10.4 Å². The van der Waals surface area contributed by atoms with Crippen LogP contribution >= 0.6 is 11.7 Å². The molecule has 1 aromatic carbocycles. The van der Waals surface area contributed by atoms with E-state index >= 15 is 0 Å². The van der Waals surface area contributed by atoms with Crippen molar-refractivity contribution >= 4 is 23.3 Å². The molecule has 1 heterocycles. The predicted octanol–water partition coefficient (Wildman–Crippen LogP) is 2.79. The molecule has 6 heteroatoms. The van der Waals surface area contributed by atoms with E-state index in [0.29, 0.717) is 5.69 Å². The first-order valence-electron chi connectivity index (χ1n) is 5.80. The SMILES string of the molecule is CC(C)(C)c1ccc(O)c(NC(=O)c2cnsn2)c1. The zero-order valence-corrected chi connectivity index (χ0v) is 11.8. The predicted molar refractivity (Wildman–Crippen MR) is 74.7 cm³/mol. The van der Waals surface area contributed by atoms with E-state index in [9.17, 15) is 9.90 Å². The van der Waals surface area contributed by atoms with Gasteiger partial charge in [0.05, 0.1) is 23.6 Å². The summed E-state index contributed by atoms with van der Waals surface area (Å²) < 4.78 is 7.62. The summed E-state index contributed by atoms with van der Waals surface area (Å²) in [5.41, 5.74) is 1.59. The Morgan fingerprint density at radius 1 is 1.37 bits per heavy atom. The number of rotatable bonds is 2. The average molecular weight is 277 g/mol. The summed E-state index contributed by atoms with van der Waals surface area (Å²) in [5, 5.41) is 12.4. The molecule has 2 N–H and O–H groups in total. The van der Waals surface area contributed by atoms with Crippen molar-refractivity contribution in [2.24, 2.45) is 0 Å². The molecule has 0 bridgehead atoms. The summed E-state index contributed by atoms with van der Waals surface area (Å²) in [6.07, 6.45) is 1.39. The van der Waals surface area contributed by atoms with Crippen LogP contribution in [0.5, 0.6) is 5.75 Å². The van der Waals surface area contributed by atoms with Gasteiger partial charge in [0, 0.05) is 0 Å². The van der Waals surface area contributed by atoms with E-state index < -0.39 is 0 Å². The van der Waals surface area contributed by atoms with Gasteiger partial charge in [0.25, 0.3) is 5.91 Å². The average Bonchev–Trinajstić information content (AvgIpc) is 2.84. The molecule has 100 valence electrons. The number of phenols is 1. The number of anilines is 1. The molecule has 0 saturated heterocycles. The lowest BCUT2D eigenvalue weighted by atomic mass is 9.87. The number of hydrogen-bond acceptors (Lipinski definition) is 5. The molecule has 0 radical (unpaired) electrons. The second-order valence-corrected chi connectivity index (χ2v) is 5.79. The summed E-state index contributed by atoms with van der Waals surface area (Å²) in [4.78, 5) is 11.9. The van der Waals surface area contributed by atoms with E-state index in [4.69, 9.17) is 0 Å². The third-order valence-corrected chi connectivity index (χ3v) is 3.18. The van der Waals surface area contributed by atoms with E-state index in [2.05, 4.69) is 34.8 Å². The largest absolute Gasteiger partial charge is 0.506 e. The monoisotopic (exact) mass is 277 g/mol. The number of benzene rings is 1. The lowest BCUT2D eigenvalue weighted by Gasteiger charge is -2.20. The Bertz CT molecular complexity index is 588. The van der Waals surface area contributed by atoms with Gasteiger partial charge in [-0.05, 0) is 23.1 Å². The van der Waals surface area contributed by atoms with Crippen molar-refractivity contribution < 1.29 is 9.90 Å². The minimum absolute atomic E-state index is 0.0320. The van der Waals surface area contributed by atoms with Gasteiger partial charge in [-0.2, -0.15) is 8.75 Å². The summed E-state index contributed by atoms with van der Waals surface area (Å²) >= 11 is 0.967. The molecule has 0 unspecified atom stereocenters. The highest BCUT2D eigenvalue weighted by atomic mass is 32.1. The number of amides is 1. The first kappa shape index (κ1) is 13.5. The van der Waals surface area contributed by atoms with Crippen LogP contribution in [0.3, 0.4) is 0 Å². The van der Waals surface area contributed by atoms with E-state index in [-0.39, 0.29) is 22.8 Å². The first-order chi connectivity index (χ1) is 8.88. The lowest BCUT2D eigenvalue weighted by Crippen LogP contribution is -2.15. The van der Waals surface area contributed by atoms with Gasteiger partial charge in [-0.25, -0.2) is 0 Å². The van der Waals surface area contributed by atoms with E-state index in [0.717, 1.165) is 17.3 Å². The number of carbonyl (C=O) groups excluding carboxylic acids is 1. The van der Waals surface area contributed by atoms with Crippen molar-refractivity contribution in [1.82, 2.24) is 8.75 Å². The van der Waals surface area contributed by atoms with Crippen molar-refractivity contribution in [2.45, 2.75) is 26.2 Å². The number of phenolic OH excluding ortho intramolecular Hbond substituents is 1. The van der Waals surface area contributed by atoms with Crippen molar-refractivity contribution in [3.05, 3.63) is 35.7 Å². The second-order valence-electron chi connectivity index (χ2n) is 5.23. The fraction of sp³-hybridized carbons (Fsp3) is 0.308. The number of carbonyl (C=O) groups is 1. The van der Waals surface area contributed by atoms with Gasteiger partial charge in [-0.3, -0.25) is 4.79 Å². The summed E-state index contributed by atoms with van der Waals surface area (Å²) in [7, 11) is 0. The molecule has 5 nitrogen and oxygen atoms in total. The molecular weight excluding hydrogens is 262 g/mol. The van der Waals surface area contributed by atoms with Crippen LogP contribution in [-0.2, 0) is 5.41 Å². The van der Waals surface area contributed by atoms with Gasteiger partial charge in [0.1, 0.15) is 5.75 Å². The highest BCUT2D eigenvalue weighted by Gasteiger charge is 2.17. The van der Waals surface area contributed by atoms with Crippen molar-refractivity contribution in [2.75, 3.05) is 5.32 Å². The molecule has 19 heavy (non-hydrogen) atoms. The van der Waals surface area contributed by atoms with Crippen LogP contribution in [0.15, 0.2) is 24.4 Å². The Labute approximate surface area is 115 Å². The van der Waals surface area contributed by atoms with E-state index in [1.54, 1.807) is 12.1 Å². The first-order valence-corrected chi connectivity index (χ1v) is 6.53. The van der Waals surface area contributed by atoms with Crippen LogP contribution < -0.4 is 5.32 Å². The zero-order valence-electron chi connectivity index (χ0n) is 11.0. The third kappa shape index (κ3) is 3.08. The zero-order chi connectivity index (χ0) is 14.0. The maximum atomic E-state index is 11.9. The number of aromatic hydroxyl groups is 1. The standard InChI is InChI=1S/C13H15N3O2S/c1-13(2,3)8-4-5-11(17)9(6-8)15-12(18)10-7-14-19-16-10/h4-7,17H,1-3H3,(H,15,18). The minimum Gasteiger partial charge on any atom is -0.506 e. The van der Waals surface area contributed by atoms with Crippen molar-refractivity contribution in [3.8, 4) is 5.75 Å². The molecule has 2 rings (SSSR count). The second kappa shape index (κ2) is 4.97. The third-order valence-electron chi connectivity index (χ3n) is 2.70. The Kier molecular flexibility index (Phi) is 3.53. The normalized spacial score (nSPS) is 11.3. The van der Waals surface area contributed by atoms with Gasteiger partial charge in [0.15, 0.2) is 5.69 Å². The molecule has 0 atom stereocenters. The molecule has 0 saturated carbocycles. The number of aromatic nitrogens is 2. The molecule has 0 aliphatic carbocycles. The van der Waals surface area contributed by atoms with Gasteiger partial charge >= 0.3 is 0 Å². The summed E-state index contributed by atoms with van der Waals surface area (Å²) in [6, 6.07) is 5.19. The Balaban J connectivity index is 2.27. The summed E-state index contributed by atoms with van der Waals surface area (Å²) in [5.74, 6) is -0.348. The maximum absolute atomic E-state index is 11.9. The van der Waals surface area contributed by atoms with Crippen molar-refractivity contribution in [1.29, 1.82) is 0 Å². The Morgan fingerprint density at radius 2 is 2.11 bits per heavy atom. The molecule has 2 aromatic rings. The van der Waals surface area contributed by atoms with Gasteiger partial charge in [0.2, 0.25) is 0 Å². The Hall–Kier alpha value is -1.95. The maximum Gasteiger partial charge on any atom is 0.277 e. The Morgan fingerprint density at radius 3 is 2.68 bits per heavy atom. The topological polar surface area (TPSA) is 75.1 Å². The molecule has 1 amide bonds. The fourth-order valence-corrected chi connectivity index (χ4v) is 1.97. The fourth-order valence-electron chi connectivity index (χ4n) is 1.55. The molecule has 0 aliphatic rings. The molecular formula is C13H15N3O2S. The van der Waals surface area contributed by atoms with E-state index in [1.807, 2.05) is 6.07 Å². The van der Waals surface area contributed by atoms with E-state index in [1.165, 1.54) is 6.20 Å². The quantitative estimate of drug-likeness (QED) is 0.828. The van der Waals surface area contributed by atoms with Crippen LogP contribution in [-0.4, -0.2) is 19.8 Å². The van der Waals surface area contributed by atoms with Gasteiger partial charge in [-0.1, -0.05) is 26.8 Å². The highest BCUT2D eigenvalue weighted by Crippen LogP contribution is 2.30. The number of nitrogens with zero attached hydrogens (tertiary/aromatic N) is 2. The van der Waals surface area contributed by atoms with Crippen LogP contribution in [0, 0.1) is 0 Å². The highest BCUT2D eigenvalue weighted by molar-refractivity contribution is 6.99. The van der Waals surface area contributed by atoms with Crippen molar-refractivity contribution in [3.63, 3.8) is 0 Å². The molecule has 0 spiro atoms. The number of hydrogen-bond donors (Lipinski definition) is 2. The summed E-state index contributed by atoms with van der Waals surface area (Å²) in [6.45, 7) is 6.19. The van der Waals surface area contributed by atoms with Crippen LogP contribution in [0.4, 0.5) is 5.69 Å². The molecule has 1 aromatic heterocycles. The smallest absolute Gasteiger partial charge is 0.277 e.